The Kier molecular flexibility index (Phi) is 3.18. The minimum atomic E-state index is -0.159. The zero-order valence-electron chi connectivity index (χ0n) is 13.2. The van der Waals surface area contributed by atoms with Crippen LogP contribution in [-0.2, 0) is 29.5 Å². The van der Waals surface area contributed by atoms with Gasteiger partial charge in [0.05, 0.1) is 13.0 Å². The van der Waals surface area contributed by atoms with Crippen molar-refractivity contribution in [3.05, 3.63) is 36.3 Å². The molecule has 0 aliphatic carbocycles. The topological polar surface area (TPSA) is 61.9 Å². The molecule has 1 unspecified atom stereocenters. The Morgan fingerprint density at radius 3 is 2.96 bits per heavy atom. The quantitative estimate of drug-likeness (QED) is 0.681. The summed E-state index contributed by atoms with van der Waals surface area (Å²) in [4.78, 5) is 11.9. The van der Waals surface area contributed by atoms with Crippen LogP contribution in [-0.4, -0.2) is 32.4 Å². The summed E-state index contributed by atoms with van der Waals surface area (Å²) in [5.41, 5.74) is 2.20. The minimum Gasteiger partial charge on any atom is -0.469 e. The summed E-state index contributed by atoms with van der Waals surface area (Å²) in [5.74, 6) is 1.48. The average Bonchev–Trinajstić information content (AvgIpc) is 3.15. The normalized spacial score (nSPS) is 17.2. The molecule has 0 saturated carbocycles. The molecule has 0 fully saturated rings. The van der Waals surface area contributed by atoms with Crippen LogP contribution in [0.5, 0.6) is 0 Å². The number of nitrogens with zero attached hydrogens (tertiary/aromatic N) is 4. The van der Waals surface area contributed by atoms with E-state index in [1.54, 1.807) is 0 Å². The molecule has 0 bridgehead atoms. The highest BCUT2D eigenvalue weighted by Crippen LogP contribution is 2.32. The first-order valence-electron chi connectivity index (χ1n) is 7.73. The molecule has 0 radical (unpaired) electrons. The van der Waals surface area contributed by atoms with E-state index in [1.807, 2.05) is 19.2 Å². The lowest BCUT2D eigenvalue weighted by Crippen LogP contribution is -2.28. The second-order valence-corrected chi connectivity index (χ2v) is 5.98. The van der Waals surface area contributed by atoms with E-state index in [1.165, 1.54) is 7.11 Å². The third kappa shape index (κ3) is 2.13. The van der Waals surface area contributed by atoms with Gasteiger partial charge in [0.2, 0.25) is 0 Å². The maximum Gasteiger partial charge on any atom is 0.310 e. The van der Waals surface area contributed by atoms with Crippen molar-refractivity contribution in [2.24, 2.45) is 13.0 Å². The summed E-state index contributed by atoms with van der Waals surface area (Å²) in [6.07, 6.45) is 3.58. The molecule has 1 atom stereocenters. The summed E-state index contributed by atoms with van der Waals surface area (Å²) in [6.45, 7) is 0.577. The first kappa shape index (κ1) is 14.0. The molecule has 118 valence electrons. The Labute approximate surface area is 133 Å². The SMILES string of the molecule is COC(=O)C1CCc2nnc(-c3cn(C)c4ccccc34)n2C1. The van der Waals surface area contributed by atoms with Gasteiger partial charge in [0.1, 0.15) is 5.82 Å². The lowest BCUT2D eigenvalue weighted by atomic mass is 9.99. The smallest absolute Gasteiger partial charge is 0.310 e. The van der Waals surface area contributed by atoms with E-state index in [-0.39, 0.29) is 11.9 Å². The second kappa shape index (κ2) is 5.22. The van der Waals surface area contributed by atoms with Crippen molar-refractivity contribution in [1.82, 2.24) is 19.3 Å². The van der Waals surface area contributed by atoms with Crippen molar-refractivity contribution in [3.63, 3.8) is 0 Å². The van der Waals surface area contributed by atoms with Crippen LogP contribution in [0.4, 0.5) is 0 Å². The lowest BCUT2D eigenvalue weighted by Gasteiger charge is -2.22. The fourth-order valence-electron chi connectivity index (χ4n) is 3.41. The first-order valence-corrected chi connectivity index (χ1v) is 7.73. The molecule has 1 aromatic carbocycles. The molecule has 3 aromatic rings. The Morgan fingerprint density at radius 2 is 2.13 bits per heavy atom. The molecule has 1 aliphatic heterocycles. The maximum atomic E-state index is 11.9. The number of aromatic nitrogens is 4. The van der Waals surface area contributed by atoms with E-state index < -0.39 is 0 Å². The molecule has 0 N–H and O–H groups in total. The highest BCUT2D eigenvalue weighted by atomic mass is 16.5. The lowest BCUT2D eigenvalue weighted by molar-refractivity contribution is -0.146. The highest BCUT2D eigenvalue weighted by molar-refractivity contribution is 5.94. The van der Waals surface area contributed by atoms with Crippen LogP contribution < -0.4 is 0 Å². The van der Waals surface area contributed by atoms with Crippen LogP contribution in [0.25, 0.3) is 22.3 Å². The standard InChI is InChI=1S/C17H18N4O2/c1-20-10-13(12-5-3-4-6-14(12)20)16-19-18-15-8-7-11(9-21(15)16)17(22)23-2/h3-6,10-11H,7-9H2,1-2H3. The van der Waals surface area contributed by atoms with E-state index in [9.17, 15) is 4.79 Å². The van der Waals surface area contributed by atoms with Crippen molar-refractivity contribution in [2.75, 3.05) is 7.11 Å². The summed E-state index contributed by atoms with van der Waals surface area (Å²) >= 11 is 0. The van der Waals surface area contributed by atoms with Gasteiger partial charge in [0.25, 0.3) is 0 Å². The number of fused-ring (bicyclic) bond motifs is 2. The molecule has 6 nitrogen and oxygen atoms in total. The summed E-state index contributed by atoms with van der Waals surface area (Å²) in [6, 6.07) is 8.23. The number of para-hydroxylation sites is 1. The average molecular weight is 310 g/mol. The van der Waals surface area contributed by atoms with Crippen LogP contribution in [0.1, 0.15) is 12.2 Å². The minimum absolute atomic E-state index is 0.128. The third-order valence-electron chi connectivity index (χ3n) is 4.62. The van der Waals surface area contributed by atoms with Crippen molar-refractivity contribution in [1.29, 1.82) is 0 Å². The van der Waals surface area contributed by atoms with Crippen molar-refractivity contribution >= 4 is 16.9 Å². The molecule has 6 heteroatoms. The Balaban J connectivity index is 1.82. The van der Waals surface area contributed by atoms with Crippen molar-refractivity contribution in [2.45, 2.75) is 19.4 Å². The van der Waals surface area contributed by atoms with Gasteiger partial charge in [-0.15, -0.1) is 10.2 Å². The number of esters is 1. The molecule has 23 heavy (non-hydrogen) atoms. The molecule has 3 heterocycles. The maximum absolute atomic E-state index is 11.9. The van der Waals surface area contributed by atoms with Crippen LogP contribution in [0, 0.1) is 5.92 Å². The second-order valence-electron chi connectivity index (χ2n) is 5.98. The van der Waals surface area contributed by atoms with E-state index in [4.69, 9.17) is 4.74 Å². The highest BCUT2D eigenvalue weighted by Gasteiger charge is 2.29. The number of rotatable bonds is 2. The Morgan fingerprint density at radius 1 is 1.30 bits per heavy atom. The van der Waals surface area contributed by atoms with Gasteiger partial charge >= 0.3 is 5.97 Å². The predicted octanol–water partition coefficient (Wildman–Crippen LogP) is 2.17. The van der Waals surface area contributed by atoms with Gasteiger partial charge in [0, 0.05) is 42.7 Å². The third-order valence-corrected chi connectivity index (χ3v) is 4.62. The molecule has 4 rings (SSSR count). The van der Waals surface area contributed by atoms with E-state index in [0.717, 1.165) is 41.0 Å². The molecule has 2 aromatic heterocycles. The van der Waals surface area contributed by atoms with Gasteiger partial charge in [-0.1, -0.05) is 18.2 Å². The molecular formula is C17H18N4O2. The fraction of sp³-hybridized carbons (Fsp3) is 0.353. The van der Waals surface area contributed by atoms with Gasteiger partial charge in [0.15, 0.2) is 5.82 Å². The number of carbonyl (C=O) groups is 1. The Bertz CT molecular complexity index is 893. The Hall–Kier alpha value is -2.63. The van der Waals surface area contributed by atoms with Crippen molar-refractivity contribution < 1.29 is 9.53 Å². The van der Waals surface area contributed by atoms with Crippen LogP contribution in [0.3, 0.4) is 0 Å². The van der Waals surface area contributed by atoms with E-state index in [2.05, 4.69) is 37.7 Å². The zero-order chi connectivity index (χ0) is 16.0. The van der Waals surface area contributed by atoms with Crippen LogP contribution in [0.2, 0.25) is 0 Å². The van der Waals surface area contributed by atoms with E-state index >= 15 is 0 Å². The van der Waals surface area contributed by atoms with Gasteiger partial charge < -0.3 is 13.9 Å². The molecular weight excluding hydrogens is 292 g/mol. The monoisotopic (exact) mass is 310 g/mol. The summed E-state index contributed by atoms with van der Waals surface area (Å²) in [5, 5.41) is 9.86. The zero-order valence-corrected chi connectivity index (χ0v) is 13.2. The molecule has 0 amide bonds. The van der Waals surface area contributed by atoms with Crippen LogP contribution >= 0.6 is 0 Å². The number of methoxy groups -OCH3 is 1. The summed E-state index contributed by atoms with van der Waals surface area (Å²) in [7, 11) is 3.46. The van der Waals surface area contributed by atoms with Gasteiger partial charge in [-0.25, -0.2) is 0 Å². The molecule has 0 spiro atoms. The molecule has 0 saturated heterocycles. The number of benzene rings is 1. The predicted molar refractivity (Wildman–Crippen MR) is 85.8 cm³/mol. The van der Waals surface area contributed by atoms with Crippen molar-refractivity contribution in [3.8, 4) is 11.4 Å². The summed E-state index contributed by atoms with van der Waals surface area (Å²) < 4.78 is 9.06. The number of carbonyl (C=O) groups excluding carboxylic acids is 1. The molecule has 1 aliphatic rings. The van der Waals surface area contributed by atoms with E-state index in [0.29, 0.717) is 6.54 Å². The number of ether oxygens (including phenoxy) is 1. The number of hydrogen-bond donors (Lipinski definition) is 0. The largest absolute Gasteiger partial charge is 0.469 e. The van der Waals surface area contributed by atoms with Gasteiger partial charge in [-0.3, -0.25) is 4.79 Å². The first-order chi connectivity index (χ1) is 11.2. The van der Waals surface area contributed by atoms with Gasteiger partial charge in [-0.05, 0) is 12.5 Å². The number of aryl methyl sites for hydroxylation is 2. The van der Waals surface area contributed by atoms with Crippen LogP contribution in [0.15, 0.2) is 30.5 Å². The van der Waals surface area contributed by atoms with Gasteiger partial charge in [-0.2, -0.15) is 0 Å². The fourth-order valence-corrected chi connectivity index (χ4v) is 3.41. The number of hydrogen-bond acceptors (Lipinski definition) is 4.